The Balaban J connectivity index is 1.20. The molecule has 4 heterocycles. The van der Waals surface area contributed by atoms with Crippen LogP contribution in [0.5, 0.6) is 0 Å². The monoisotopic (exact) mass is 403 g/mol. The lowest BCUT2D eigenvalue weighted by Crippen LogP contribution is -2.47. The van der Waals surface area contributed by atoms with Crippen LogP contribution in [0.2, 0.25) is 0 Å². The van der Waals surface area contributed by atoms with E-state index in [1.54, 1.807) is 5.56 Å². The molecule has 2 N–H and O–H groups in total. The molecule has 0 saturated carbocycles. The van der Waals surface area contributed by atoms with Crippen molar-refractivity contribution in [3.8, 4) is 0 Å². The van der Waals surface area contributed by atoms with E-state index in [4.69, 9.17) is 4.98 Å². The first-order chi connectivity index (χ1) is 14.8. The molecule has 0 spiro atoms. The molecule has 1 aliphatic carbocycles. The minimum atomic E-state index is 0.453. The van der Waals surface area contributed by atoms with Gasteiger partial charge in [0, 0.05) is 56.2 Å². The Hall–Kier alpha value is -1.95. The van der Waals surface area contributed by atoms with Crippen LogP contribution in [0, 0.1) is 0 Å². The van der Waals surface area contributed by atoms with E-state index in [2.05, 4.69) is 57.8 Å². The Bertz CT molecular complexity index is 928. The van der Waals surface area contributed by atoms with Crippen molar-refractivity contribution in [2.24, 2.45) is 0 Å². The van der Waals surface area contributed by atoms with Gasteiger partial charge in [-0.15, -0.1) is 0 Å². The third-order valence-corrected chi connectivity index (χ3v) is 7.85. The van der Waals surface area contributed by atoms with Gasteiger partial charge in [0.1, 0.15) is 0 Å². The smallest absolute Gasteiger partial charge is 0.0607 e. The molecule has 2 aromatic rings. The Kier molecular flexibility index (Phi) is 4.78. The van der Waals surface area contributed by atoms with Gasteiger partial charge in [0.05, 0.1) is 11.7 Å². The molecule has 2 bridgehead atoms. The van der Waals surface area contributed by atoms with Crippen molar-refractivity contribution >= 4 is 5.69 Å². The maximum atomic E-state index is 4.76. The summed E-state index contributed by atoms with van der Waals surface area (Å²) in [5.74, 6) is 0. The summed E-state index contributed by atoms with van der Waals surface area (Å²) in [7, 11) is 2.29. The van der Waals surface area contributed by atoms with Gasteiger partial charge in [-0.3, -0.25) is 9.88 Å². The van der Waals surface area contributed by atoms with Gasteiger partial charge < -0.3 is 15.5 Å². The number of aromatic nitrogens is 1. The Labute approximate surface area is 179 Å². The summed E-state index contributed by atoms with van der Waals surface area (Å²) in [6.07, 6.45) is 8.06. The topological polar surface area (TPSA) is 43.4 Å². The molecule has 158 valence electrons. The van der Waals surface area contributed by atoms with Crippen LogP contribution in [0.4, 0.5) is 5.69 Å². The standard InChI is InChI=1S/C25H33N5/c1-29(24-9-2-5-17-7-4-10-26-25(17)24)15-20-12-22-18(13-27-20)6-3-8-23(22)30-16-19-11-21(30)14-28-19/h3-4,6-8,10,19-21,24,27-28H,2,5,9,11-16H2,1H3/t19-,20+,21-,24?/m0/s1. The number of hydrogen-bond donors (Lipinski definition) is 2. The number of piperazine rings is 1. The first kappa shape index (κ1) is 18.8. The minimum absolute atomic E-state index is 0.453. The zero-order valence-corrected chi connectivity index (χ0v) is 18.0. The van der Waals surface area contributed by atoms with Crippen molar-refractivity contribution in [2.75, 3.05) is 31.6 Å². The molecule has 30 heavy (non-hydrogen) atoms. The van der Waals surface area contributed by atoms with E-state index in [-0.39, 0.29) is 0 Å². The largest absolute Gasteiger partial charge is 0.365 e. The zero-order valence-electron chi connectivity index (χ0n) is 18.0. The van der Waals surface area contributed by atoms with Crippen molar-refractivity contribution in [3.05, 3.63) is 58.9 Å². The lowest BCUT2D eigenvalue weighted by atomic mass is 9.89. The van der Waals surface area contributed by atoms with Crippen molar-refractivity contribution in [2.45, 2.75) is 62.8 Å². The SMILES string of the molecule is CN(C[C@H]1Cc2c(cccc2N2C[C@@H]3C[C@H]2CN3)CN1)C1CCCc2cccnc21. The molecule has 0 radical (unpaired) electrons. The third-order valence-electron chi connectivity index (χ3n) is 7.85. The summed E-state index contributed by atoms with van der Waals surface area (Å²) >= 11 is 0. The molecule has 2 saturated heterocycles. The Morgan fingerprint density at radius 3 is 2.97 bits per heavy atom. The van der Waals surface area contributed by atoms with Crippen molar-refractivity contribution in [3.63, 3.8) is 0 Å². The Morgan fingerprint density at radius 1 is 1.17 bits per heavy atom. The maximum absolute atomic E-state index is 4.76. The molecule has 5 nitrogen and oxygen atoms in total. The van der Waals surface area contributed by atoms with Gasteiger partial charge in [-0.2, -0.15) is 0 Å². The van der Waals surface area contributed by atoms with Crippen molar-refractivity contribution in [1.82, 2.24) is 20.5 Å². The molecule has 4 aliphatic rings. The molecule has 4 atom stereocenters. The number of benzene rings is 1. The highest BCUT2D eigenvalue weighted by Gasteiger charge is 2.39. The predicted octanol–water partition coefficient (Wildman–Crippen LogP) is 2.66. The normalized spacial score (nSPS) is 29.9. The average molecular weight is 404 g/mol. The van der Waals surface area contributed by atoms with E-state index in [1.807, 2.05) is 6.20 Å². The van der Waals surface area contributed by atoms with Crippen LogP contribution in [0.1, 0.15) is 47.7 Å². The fourth-order valence-corrected chi connectivity index (χ4v) is 6.34. The molecular formula is C25H33N5. The van der Waals surface area contributed by atoms with Crippen LogP contribution in [-0.2, 0) is 19.4 Å². The predicted molar refractivity (Wildman–Crippen MR) is 121 cm³/mol. The van der Waals surface area contributed by atoms with Gasteiger partial charge in [0.25, 0.3) is 0 Å². The summed E-state index contributed by atoms with van der Waals surface area (Å²) in [6, 6.07) is 13.6. The summed E-state index contributed by atoms with van der Waals surface area (Å²) in [5, 5.41) is 7.48. The first-order valence-electron chi connectivity index (χ1n) is 11.7. The molecule has 5 heteroatoms. The fourth-order valence-electron chi connectivity index (χ4n) is 6.34. The van der Waals surface area contributed by atoms with Gasteiger partial charge in [0.2, 0.25) is 0 Å². The van der Waals surface area contributed by atoms with Crippen LogP contribution in [-0.4, -0.2) is 54.7 Å². The number of likely N-dealkylation sites (N-methyl/N-ethyl adjacent to an activating group) is 1. The number of fused-ring (bicyclic) bond motifs is 4. The molecular weight excluding hydrogens is 370 g/mol. The van der Waals surface area contributed by atoms with Crippen LogP contribution in [0.3, 0.4) is 0 Å². The molecule has 6 rings (SSSR count). The summed E-state index contributed by atoms with van der Waals surface area (Å²) in [6.45, 7) is 4.37. The second-order valence-corrected chi connectivity index (χ2v) is 9.74. The van der Waals surface area contributed by atoms with Gasteiger partial charge in [-0.05, 0) is 68.0 Å². The number of pyridine rings is 1. The number of nitrogens with one attached hydrogen (secondary N) is 2. The fraction of sp³-hybridized carbons (Fsp3) is 0.560. The van der Waals surface area contributed by atoms with Crippen molar-refractivity contribution < 1.29 is 0 Å². The lowest BCUT2D eigenvalue weighted by molar-refractivity contribution is 0.191. The first-order valence-corrected chi connectivity index (χ1v) is 11.7. The summed E-state index contributed by atoms with van der Waals surface area (Å²) in [5.41, 5.74) is 7.34. The summed E-state index contributed by atoms with van der Waals surface area (Å²) < 4.78 is 0. The molecule has 1 unspecified atom stereocenters. The number of hydrogen-bond acceptors (Lipinski definition) is 5. The second kappa shape index (κ2) is 7.63. The van der Waals surface area contributed by atoms with E-state index in [9.17, 15) is 0 Å². The van der Waals surface area contributed by atoms with E-state index in [0.29, 0.717) is 24.2 Å². The zero-order chi connectivity index (χ0) is 20.1. The van der Waals surface area contributed by atoms with E-state index in [0.717, 1.165) is 26.1 Å². The quantitative estimate of drug-likeness (QED) is 0.822. The van der Waals surface area contributed by atoms with Crippen LogP contribution < -0.4 is 15.5 Å². The van der Waals surface area contributed by atoms with Crippen LogP contribution >= 0.6 is 0 Å². The van der Waals surface area contributed by atoms with Gasteiger partial charge in [0.15, 0.2) is 0 Å². The second-order valence-electron chi connectivity index (χ2n) is 9.74. The highest BCUT2D eigenvalue weighted by molar-refractivity contribution is 5.60. The highest BCUT2D eigenvalue weighted by Crippen LogP contribution is 2.36. The molecule has 0 amide bonds. The number of nitrogens with zero attached hydrogens (tertiary/aromatic N) is 3. The van der Waals surface area contributed by atoms with E-state index < -0.39 is 0 Å². The van der Waals surface area contributed by atoms with E-state index in [1.165, 1.54) is 54.7 Å². The minimum Gasteiger partial charge on any atom is -0.365 e. The highest BCUT2D eigenvalue weighted by atomic mass is 15.3. The molecule has 1 aromatic heterocycles. The van der Waals surface area contributed by atoms with Gasteiger partial charge in [-0.25, -0.2) is 0 Å². The molecule has 1 aromatic carbocycles. The molecule has 3 aliphatic heterocycles. The van der Waals surface area contributed by atoms with Gasteiger partial charge >= 0.3 is 0 Å². The van der Waals surface area contributed by atoms with Crippen molar-refractivity contribution in [1.29, 1.82) is 0 Å². The summed E-state index contributed by atoms with van der Waals surface area (Å²) in [4.78, 5) is 10.0. The van der Waals surface area contributed by atoms with Crippen LogP contribution in [0.25, 0.3) is 0 Å². The average Bonchev–Trinajstić information content (AvgIpc) is 3.42. The van der Waals surface area contributed by atoms with Crippen LogP contribution in [0.15, 0.2) is 36.5 Å². The number of aryl methyl sites for hydroxylation is 1. The third kappa shape index (κ3) is 3.24. The van der Waals surface area contributed by atoms with Gasteiger partial charge in [-0.1, -0.05) is 18.2 Å². The maximum Gasteiger partial charge on any atom is 0.0607 e. The number of anilines is 1. The number of rotatable bonds is 4. The van der Waals surface area contributed by atoms with E-state index >= 15 is 0 Å². The molecule has 2 fully saturated rings. The lowest BCUT2D eigenvalue weighted by Gasteiger charge is -2.38. The Morgan fingerprint density at radius 2 is 2.10 bits per heavy atom.